The van der Waals surface area contributed by atoms with Crippen molar-refractivity contribution in [3.8, 4) is 0 Å². The van der Waals surface area contributed by atoms with Gasteiger partial charge in [0.2, 0.25) is 5.91 Å². The molecule has 1 atom stereocenters. The summed E-state index contributed by atoms with van der Waals surface area (Å²) in [5, 5.41) is 6.10. The fourth-order valence-corrected chi connectivity index (χ4v) is 2.25. The zero-order chi connectivity index (χ0) is 14.4. The molecule has 22 heavy (non-hydrogen) atoms. The molecule has 1 fully saturated rings. The summed E-state index contributed by atoms with van der Waals surface area (Å²) in [7, 11) is 4.09. The van der Waals surface area contributed by atoms with Crippen molar-refractivity contribution in [3.63, 3.8) is 0 Å². The van der Waals surface area contributed by atoms with Gasteiger partial charge in [-0.25, -0.2) is 0 Å². The summed E-state index contributed by atoms with van der Waals surface area (Å²) >= 11 is 0. The van der Waals surface area contributed by atoms with Crippen molar-refractivity contribution in [3.05, 3.63) is 35.4 Å². The van der Waals surface area contributed by atoms with Crippen molar-refractivity contribution in [1.82, 2.24) is 15.5 Å². The molecule has 0 spiro atoms. The van der Waals surface area contributed by atoms with Crippen molar-refractivity contribution < 1.29 is 9.53 Å². The van der Waals surface area contributed by atoms with Gasteiger partial charge in [-0.1, -0.05) is 24.3 Å². The highest BCUT2D eigenvalue weighted by molar-refractivity contribution is 5.85. The standard InChI is InChI=1S/C15H23N3O2.2ClH/c1-18(2)10-13-5-3-4-12(8-13)9-17-15(19)14-11-20-7-6-16-14;;/h3-5,8,14,16H,6-7,9-11H2,1-2H3,(H,17,19);2*1H. The first-order chi connectivity index (χ1) is 9.65. The minimum absolute atomic E-state index is 0. The molecule has 7 heteroatoms. The van der Waals surface area contributed by atoms with Crippen LogP contribution in [0.3, 0.4) is 0 Å². The van der Waals surface area contributed by atoms with E-state index in [0.29, 0.717) is 19.8 Å². The number of carbonyl (C=O) groups is 1. The maximum absolute atomic E-state index is 12.0. The molecule has 0 bridgehead atoms. The Morgan fingerprint density at radius 2 is 2.09 bits per heavy atom. The van der Waals surface area contributed by atoms with Gasteiger partial charge in [-0.2, -0.15) is 0 Å². The number of hydrogen-bond acceptors (Lipinski definition) is 4. The molecule has 0 radical (unpaired) electrons. The number of rotatable bonds is 5. The Labute approximate surface area is 144 Å². The highest BCUT2D eigenvalue weighted by atomic mass is 35.5. The Morgan fingerprint density at radius 1 is 1.36 bits per heavy atom. The number of benzene rings is 1. The van der Waals surface area contributed by atoms with Crippen LogP contribution < -0.4 is 10.6 Å². The Balaban J connectivity index is 0.00000220. The molecule has 0 aliphatic carbocycles. The van der Waals surface area contributed by atoms with Crippen LogP contribution in [0.15, 0.2) is 24.3 Å². The molecule has 2 rings (SSSR count). The molecule has 1 unspecified atom stereocenters. The Kier molecular flexibility index (Phi) is 10.4. The summed E-state index contributed by atoms with van der Waals surface area (Å²) in [4.78, 5) is 14.1. The Bertz CT molecular complexity index is 452. The topological polar surface area (TPSA) is 53.6 Å². The van der Waals surface area contributed by atoms with Gasteiger partial charge >= 0.3 is 0 Å². The molecule has 1 saturated heterocycles. The summed E-state index contributed by atoms with van der Waals surface area (Å²) in [5.74, 6) is 0.00251. The summed E-state index contributed by atoms with van der Waals surface area (Å²) in [6, 6.07) is 8.06. The van der Waals surface area contributed by atoms with Crippen LogP contribution in [0.25, 0.3) is 0 Å². The largest absolute Gasteiger partial charge is 0.378 e. The molecular weight excluding hydrogens is 325 g/mol. The summed E-state index contributed by atoms with van der Waals surface area (Å²) in [5.41, 5.74) is 2.37. The highest BCUT2D eigenvalue weighted by Gasteiger charge is 2.20. The van der Waals surface area contributed by atoms with Crippen LogP contribution in [0.5, 0.6) is 0 Å². The van der Waals surface area contributed by atoms with E-state index in [2.05, 4.69) is 27.7 Å². The second-order valence-corrected chi connectivity index (χ2v) is 5.36. The lowest BCUT2D eigenvalue weighted by molar-refractivity contribution is -0.126. The lowest BCUT2D eigenvalue weighted by Crippen LogP contribution is -2.51. The number of ether oxygens (including phenoxy) is 1. The molecule has 1 heterocycles. The molecule has 0 aromatic heterocycles. The molecule has 126 valence electrons. The smallest absolute Gasteiger partial charge is 0.239 e. The second-order valence-electron chi connectivity index (χ2n) is 5.36. The van der Waals surface area contributed by atoms with Crippen LogP contribution in [-0.4, -0.2) is 50.7 Å². The fraction of sp³-hybridized carbons (Fsp3) is 0.533. The van der Waals surface area contributed by atoms with Crippen LogP contribution in [0, 0.1) is 0 Å². The summed E-state index contributed by atoms with van der Waals surface area (Å²) in [6.45, 7) is 3.32. The minimum atomic E-state index is -0.228. The predicted molar refractivity (Wildman–Crippen MR) is 92.8 cm³/mol. The first-order valence-electron chi connectivity index (χ1n) is 6.96. The third-order valence-electron chi connectivity index (χ3n) is 3.20. The molecule has 0 saturated carbocycles. The van der Waals surface area contributed by atoms with Gasteiger partial charge in [-0.05, 0) is 25.2 Å². The van der Waals surface area contributed by atoms with E-state index >= 15 is 0 Å². The molecule has 1 aliphatic heterocycles. The van der Waals surface area contributed by atoms with E-state index in [1.54, 1.807) is 0 Å². The van der Waals surface area contributed by atoms with E-state index in [9.17, 15) is 4.79 Å². The monoisotopic (exact) mass is 349 g/mol. The molecule has 1 aromatic carbocycles. The van der Waals surface area contributed by atoms with E-state index in [-0.39, 0.29) is 36.8 Å². The molecule has 2 N–H and O–H groups in total. The van der Waals surface area contributed by atoms with Gasteiger partial charge in [0.05, 0.1) is 13.2 Å². The summed E-state index contributed by atoms with van der Waals surface area (Å²) in [6.07, 6.45) is 0. The fourth-order valence-electron chi connectivity index (χ4n) is 2.25. The third kappa shape index (κ3) is 6.94. The average molecular weight is 350 g/mol. The number of nitrogens with one attached hydrogen (secondary N) is 2. The van der Waals surface area contributed by atoms with E-state index in [1.807, 2.05) is 26.2 Å². The third-order valence-corrected chi connectivity index (χ3v) is 3.20. The number of halogens is 2. The molecule has 1 aliphatic rings. The van der Waals surface area contributed by atoms with Gasteiger partial charge in [0.25, 0.3) is 0 Å². The highest BCUT2D eigenvalue weighted by Crippen LogP contribution is 2.07. The van der Waals surface area contributed by atoms with Crippen molar-refractivity contribution in [2.75, 3.05) is 33.9 Å². The maximum Gasteiger partial charge on any atom is 0.239 e. The SMILES string of the molecule is CN(C)Cc1cccc(CNC(=O)C2COCCN2)c1.Cl.Cl. The molecular formula is C15H25Cl2N3O2. The van der Waals surface area contributed by atoms with E-state index in [0.717, 1.165) is 18.7 Å². The number of carbonyl (C=O) groups excluding carboxylic acids is 1. The first kappa shape index (κ1) is 21.1. The maximum atomic E-state index is 12.0. The van der Waals surface area contributed by atoms with Gasteiger partial charge in [0.1, 0.15) is 6.04 Å². The Morgan fingerprint density at radius 3 is 2.73 bits per heavy atom. The lowest BCUT2D eigenvalue weighted by atomic mass is 10.1. The lowest BCUT2D eigenvalue weighted by Gasteiger charge is -2.23. The van der Waals surface area contributed by atoms with E-state index in [1.165, 1.54) is 5.56 Å². The van der Waals surface area contributed by atoms with E-state index < -0.39 is 0 Å². The molecule has 1 amide bonds. The van der Waals surface area contributed by atoms with Crippen molar-refractivity contribution in [2.24, 2.45) is 0 Å². The van der Waals surface area contributed by atoms with Gasteiger partial charge in [-0.15, -0.1) is 24.8 Å². The number of nitrogens with zero attached hydrogens (tertiary/aromatic N) is 1. The Hall–Kier alpha value is -0.850. The summed E-state index contributed by atoms with van der Waals surface area (Å²) < 4.78 is 5.29. The zero-order valence-electron chi connectivity index (χ0n) is 13.0. The average Bonchev–Trinajstić information content (AvgIpc) is 2.45. The van der Waals surface area contributed by atoms with Crippen LogP contribution in [-0.2, 0) is 22.6 Å². The quantitative estimate of drug-likeness (QED) is 0.838. The number of morpholine rings is 1. The number of hydrogen-bond donors (Lipinski definition) is 2. The van der Waals surface area contributed by atoms with Crippen LogP contribution in [0.1, 0.15) is 11.1 Å². The van der Waals surface area contributed by atoms with Crippen molar-refractivity contribution in [1.29, 1.82) is 0 Å². The van der Waals surface area contributed by atoms with Crippen molar-refractivity contribution >= 4 is 30.7 Å². The molecule has 1 aromatic rings. The van der Waals surface area contributed by atoms with Crippen LogP contribution >= 0.6 is 24.8 Å². The van der Waals surface area contributed by atoms with Gasteiger partial charge in [0, 0.05) is 19.6 Å². The van der Waals surface area contributed by atoms with Gasteiger partial charge in [-0.3, -0.25) is 4.79 Å². The zero-order valence-corrected chi connectivity index (χ0v) is 14.6. The van der Waals surface area contributed by atoms with Crippen molar-refractivity contribution in [2.45, 2.75) is 19.1 Å². The predicted octanol–water partition coefficient (Wildman–Crippen LogP) is 1.20. The molecule has 5 nitrogen and oxygen atoms in total. The first-order valence-corrected chi connectivity index (χ1v) is 6.96. The van der Waals surface area contributed by atoms with Crippen LogP contribution in [0.4, 0.5) is 0 Å². The van der Waals surface area contributed by atoms with Gasteiger partial charge in [0.15, 0.2) is 0 Å². The minimum Gasteiger partial charge on any atom is -0.378 e. The van der Waals surface area contributed by atoms with Gasteiger partial charge < -0.3 is 20.3 Å². The normalized spacial score (nSPS) is 17.3. The van der Waals surface area contributed by atoms with E-state index in [4.69, 9.17) is 4.74 Å². The second kappa shape index (κ2) is 10.8. The number of amides is 1. The van der Waals surface area contributed by atoms with Crippen LogP contribution in [0.2, 0.25) is 0 Å².